The molecule has 0 aliphatic heterocycles. The minimum Gasteiger partial charge on any atom is -0.353 e. The van der Waals surface area contributed by atoms with Crippen LogP contribution >= 0.6 is 11.6 Å². The van der Waals surface area contributed by atoms with Gasteiger partial charge in [0, 0.05) is 18.3 Å². The van der Waals surface area contributed by atoms with Crippen molar-refractivity contribution in [3.63, 3.8) is 0 Å². The van der Waals surface area contributed by atoms with Crippen LogP contribution in [-0.4, -0.2) is 17.8 Å². The number of alkyl halides is 1. The van der Waals surface area contributed by atoms with Gasteiger partial charge in [-0.1, -0.05) is 0 Å². The second-order valence-corrected chi connectivity index (χ2v) is 7.05. The summed E-state index contributed by atoms with van der Waals surface area (Å²) < 4.78 is 0. The van der Waals surface area contributed by atoms with Gasteiger partial charge in [-0.3, -0.25) is 4.79 Å². The maximum absolute atomic E-state index is 12.0. The van der Waals surface area contributed by atoms with Crippen molar-refractivity contribution in [1.82, 2.24) is 5.32 Å². The third kappa shape index (κ3) is 2.54. The summed E-state index contributed by atoms with van der Waals surface area (Å²) in [6, 6.07) is 0.501. The molecule has 2 nitrogen and oxygen atoms in total. The highest BCUT2D eigenvalue weighted by atomic mass is 35.5. The van der Waals surface area contributed by atoms with Crippen LogP contribution in [0.3, 0.4) is 0 Å². The molecule has 4 fully saturated rings. The van der Waals surface area contributed by atoms with E-state index in [1.807, 2.05) is 0 Å². The Morgan fingerprint density at radius 3 is 2.17 bits per heavy atom. The quantitative estimate of drug-likeness (QED) is 0.602. The molecule has 4 rings (SSSR count). The minimum atomic E-state index is 0.262. The van der Waals surface area contributed by atoms with Gasteiger partial charge in [-0.25, -0.2) is 0 Å². The second-order valence-electron chi connectivity index (χ2n) is 6.67. The standard InChI is InChI=1S/C15H24ClNO/c16-4-2-1-3-14(18)17-15-12-6-10-5-11(8-12)9-13(15)7-10/h10-13,15H,1-9H2,(H,17,18). The number of carbonyl (C=O) groups is 1. The number of carbonyl (C=O) groups excluding carboxylic acids is 1. The van der Waals surface area contributed by atoms with E-state index in [9.17, 15) is 4.79 Å². The van der Waals surface area contributed by atoms with Gasteiger partial charge in [0.05, 0.1) is 0 Å². The van der Waals surface area contributed by atoms with Crippen molar-refractivity contribution in [3.8, 4) is 0 Å². The van der Waals surface area contributed by atoms with E-state index in [1.54, 1.807) is 0 Å². The predicted octanol–water partition coefficient (Wildman–Crippen LogP) is 3.34. The van der Waals surface area contributed by atoms with Crippen LogP contribution in [0.4, 0.5) is 0 Å². The number of amides is 1. The van der Waals surface area contributed by atoms with Crippen molar-refractivity contribution in [2.75, 3.05) is 5.88 Å². The summed E-state index contributed by atoms with van der Waals surface area (Å²) in [6.07, 6.45) is 9.52. The molecule has 0 aromatic rings. The van der Waals surface area contributed by atoms with Crippen LogP contribution in [0, 0.1) is 23.7 Å². The highest BCUT2D eigenvalue weighted by Crippen LogP contribution is 2.53. The summed E-state index contributed by atoms with van der Waals surface area (Å²) in [4.78, 5) is 12.0. The van der Waals surface area contributed by atoms with Crippen molar-refractivity contribution >= 4 is 17.5 Å². The van der Waals surface area contributed by atoms with E-state index in [0.29, 0.717) is 18.3 Å². The summed E-state index contributed by atoms with van der Waals surface area (Å²) in [5.74, 6) is 4.48. The number of halogens is 1. The van der Waals surface area contributed by atoms with Crippen LogP contribution in [0.2, 0.25) is 0 Å². The van der Waals surface area contributed by atoms with E-state index in [1.165, 1.54) is 32.1 Å². The van der Waals surface area contributed by atoms with Crippen LogP contribution in [0.1, 0.15) is 51.4 Å². The molecule has 0 spiro atoms. The Labute approximate surface area is 115 Å². The predicted molar refractivity (Wildman–Crippen MR) is 73.5 cm³/mol. The zero-order valence-electron chi connectivity index (χ0n) is 11.0. The average Bonchev–Trinajstić information content (AvgIpc) is 2.33. The third-order valence-corrected chi connectivity index (χ3v) is 5.61. The van der Waals surface area contributed by atoms with Gasteiger partial charge in [-0.2, -0.15) is 0 Å². The van der Waals surface area contributed by atoms with Crippen LogP contribution in [0.5, 0.6) is 0 Å². The zero-order valence-corrected chi connectivity index (χ0v) is 11.8. The Bertz CT molecular complexity index is 290. The summed E-state index contributed by atoms with van der Waals surface area (Å²) in [6.45, 7) is 0. The first-order valence-corrected chi connectivity index (χ1v) is 8.15. The lowest BCUT2D eigenvalue weighted by Gasteiger charge is -2.54. The largest absolute Gasteiger partial charge is 0.353 e. The maximum Gasteiger partial charge on any atom is 0.220 e. The fourth-order valence-corrected chi connectivity index (χ4v) is 4.99. The molecular formula is C15H24ClNO. The lowest BCUT2D eigenvalue weighted by Crippen LogP contribution is -2.55. The van der Waals surface area contributed by atoms with Crippen molar-refractivity contribution in [2.45, 2.75) is 57.4 Å². The molecule has 0 unspecified atom stereocenters. The van der Waals surface area contributed by atoms with Gasteiger partial charge < -0.3 is 5.32 Å². The van der Waals surface area contributed by atoms with E-state index < -0.39 is 0 Å². The molecule has 4 saturated carbocycles. The monoisotopic (exact) mass is 269 g/mol. The first kappa shape index (κ1) is 12.8. The number of nitrogens with one attached hydrogen (secondary N) is 1. The maximum atomic E-state index is 12.0. The van der Waals surface area contributed by atoms with Gasteiger partial charge in [-0.15, -0.1) is 11.6 Å². The third-order valence-electron chi connectivity index (χ3n) is 5.34. The highest BCUT2D eigenvalue weighted by Gasteiger charge is 2.48. The van der Waals surface area contributed by atoms with Gasteiger partial charge in [0.25, 0.3) is 0 Å². The van der Waals surface area contributed by atoms with Crippen molar-refractivity contribution in [3.05, 3.63) is 0 Å². The summed E-state index contributed by atoms with van der Waals surface area (Å²) in [7, 11) is 0. The molecular weight excluding hydrogens is 246 g/mol. The van der Waals surface area contributed by atoms with Gasteiger partial charge in [0.2, 0.25) is 5.91 Å². The number of hydrogen-bond donors (Lipinski definition) is 1. The second kappa shape index (κ2) is 5.40. The minimum absolute atomic E-state index is 0.262. The van der Waals surface area contributed by atoms with E-state index in [-0.39, 0.29) is 5.91 Å². The molecule has 4 aliphatic carbocycles. The smallest absolute Gasteiger partial charge is 0.220 e. The van der Waals surface area contributed by atoms with Gasteiger partial charge in [-0.05, 0) is 68.6 Å². The van der Waals surface area contributed by atoms with Crippen LogP contribution < -0.4 is 5.32 Å². The number of unbranched alkanes of at least 4 members (excludes halogenated alkanes) is 1. The topological polar surface area (TPSA) is 29.1 Å². The molecule has 0 radical (unpaired) electrons. The Morgan fingerprint density at radius 2 is 1.61 bits per heavy atom. The molecule has 102 valence electrons. The summed E-state index contributed by atoms with van der Waals surface area (Å²) in [5.41, 5.74) is 0. The normalized spacial score (nSPS) is 41.1. The average molecular weight is 270 g/mol. The van der Waals surface area contributed by atoms with Crippen molar-refractivity contribution < 1.29 is 4.79 Å². The summed E-state index contributed by atoms with van der Waals surface area (Å²) in [5, 5.41) is 3.34. The fraction of sp³-hybridized carbons (Fsp3) is 0.933. The van der Waals surface area contributed by atoms with E-state index in [2.05, 4.69) is 5.32 Å². The molecule has 1 N–H and O–H groups in total. The van der Waals surface area contributed by atoms with Crippen molar-refractivity contribution in [1.29, 1.82) is 0 Å². The molecule has 0 saturated heterocycles. The van der Waals surface area contributed by atoms with E-state index in [0.717, 1.165) is 36.5 Å². The molecule has 18 heavy (non-hydrogen) atoms. The Hall–Kier alpha value is -0.240. The molecule has 3 heteroatoms. The summed E-state index contributed by atoms with van der Waals surface area (Å²) >= 11 is 5.64. The van der Waals surface area contributed by atoms with Gasteiger partial charge >= 0.3 is 0 Å². The van der Waals surface area contributed by atoms with Gasteiger partial charge in [0.15, 0.2) is 0 Å². The fourth-order valence-electron chi connectivity index (χ4n) is 4.80. The van der Waals surface area contributed by atoms with E-state index >= 15 is 0 Å². The number of hydrogen-bond acceptors (Lipinski definition) is 1. The Kier molecular flexibility index (Phi) is 3.83. The molecule has 0 aromatic carbocycles. The Morgan fingerprint density at radius 1 is 1.00 bits per heavy atom. The SMILES string of the molecule is O=C(CCCCCl)NC1C2CC3CC(C2)CC1C3. The van der Waals surface area contributed by atoms with Crippen molar-refractivity contribution in [2.24, 2.45) is 23.7 Å². The van der Waals surface area contributed by atoms with Crippen LogP contribution in [0.25, 0.3) is 0 Å². The molecule has 0 atom stereocenters. The zero-order chi connectivity index (χ0) is 12.5. The molecule has 0 aromatic heterocycles. The molecule has 4 bridgehead atoms. The lowest BCUT2D eigenvalue weighted by molar-refractivity contribution is -0.125. The molecule has 0 heterocycles. The highest BCUT2D eigenvalue weighted by molar-refractivity contribution is 6.17. The van der Waals surface area contributed by atoms with Crippen LogP contribution in [0.15, 0.2) is 0 Å². The lowest BCUT2D eigenvalue weighted by atomic mass is 9.54. The first-order chi connectivity index (χ1) is 8.76. The Balaban J connectivity index is 1.52. The van der Waals surface area contributed by atoms with E-state index in [4.69, 9.17) is 11.6 Å². The van der Waals surface area contributed by atoms with Gasteiger partial charge in [0.1, 0.15) is 0 Å². The molecule has 4 aliphatic rings. The first-order valence-electron chi connectivity index (χ1n) is 7.61. The van der Waals surface area contributed by atoms with Crippen LogP contribution in [-0.2, 0) is 4.79 Å². The molecule has 1 amide bonds. The number of rotatable bonds is 5.